The predicted molar refractivity (Wildman–Crippen MR) is 124 cm³/mol. The molecular formula is C25H25FN6O2. The van der Waals surface area contributed by atoms with Gasteiger partial charge in [0.1, 0.15) is 5.82 Å². The highest BCUT2D eigenvalue weighted by atomic mass is 19.1. The minimum absolute atomic E-state index is 0.0336. The van der Waals surface area contributed by atoms with Gasteiger partial charge >= 0.3 is 0 Å². The van der Waals surface area contributed by atoms with Gasteiger partial charge in [0, 0.05) is 44.0 Å². The molecular weight excluding hydrogens is 435 g/mol. The molecule has 34 heavy (non-hydrogen) atoms. The summed E-state index contributed by atoms with van der Waals surface area (Å²) in [6, 6.07) is 13.4. The molecule has 2 amide bonds. The smallest absolute Gasteiger partial charge is 0.256 e. The average molecular weight is 461 g/mol. The van der Waals surface area contributed by atoms with E-state index >= 15 is 0 Å². The van der Waals surface area contributed by atoms with Crippen LogP contribution in [0, 0.1) is 11.7 Å². The molecule has 0 spiro atoms. The Bertz CT molecular complexity index is 1160. The molecule has 1 aromatic carbocycles. The molecule has 1 N–H and O–H groups in total. The fourth-order valence-electron chi connectivity index (χ4n) is 4.39. The van der Waals surface area contributed by atoms with E-state index in [4.69, 9.17) is 0 Å². The molecule has 3 aromatic rings. The van der Waals surface area contributed by atoms with Gasteiger partial charge < -0.3 is 10.2 Å². The van der Waals surface area contributed by atoms with Gasteiger partial charge in [-0.1, -0.05) is 12.1 Å². The SMILES string of the molecule is O=C(c1ccccc1F)N1CCC(c2ccc(N(C(=O)C3CNC3)c3cccnn3)cn2)CC1. The first-order valence-corrected chi connectivity index (χ1v) is 11.4. The van der Waals surface area contributed by atoms with Crippen molar-refractivity contribution in [3.8, 4) is 0 Å². The number of nitrogens with zero attached hydrogens (tertiary/aromatic N) is 5. The molecule has 2 fully saturated rings. The van der Waals surface area contributed by atoms with Gasteiger partial charge in [-0.25, -0.2) is 4.39 Å². The summed E-state index contributed by atoms with van der Waals surface area (Å²) in [5, 5.41) is 11.2. The lowest BCUT2D eigenvalue weighted by atomic mass is 9.92. The molecule has 0 bridgehead atoms. The second-order valence-corrected chi connectivity index (χ2v) is 8.60. The molecule has 0 aliphatic carbocycles. The predicted octanol–water partition coefficient (Wildman–Crippen LogP) is 2.91. The van der Waals surface area contributed by atoms with Gasteiger partial charge in [0.15, 0.2) is 5.82 Å². The lowest BCUT2D eigenvalue weighted by molar-refractivity contribution is -0.123. The highest BCUT2D eigenvalue weighted by molar-refractivity contribution is 6.01. The number of carbonyl (C=O) groups is 2. The summed E-state index contributed by atoms with van der Waals surface area (Å²) in [4.78, 5) is 33.7. The highest BCUT2D eigenvalue weighted by Gasteiger charge is 2.32. The van der Waals surface area contributed by atoms with Gasteiger partial charge in [-0.15, -0.1) is 5.10 Å². The van der Waals surface area contributed by atoms with Gasteiger partial charge in [0.2, 0.25) is 5.91 Å². The number of anilines is 2. The number of amides is 2. The van der Waals surface area contributed by atoms with Gasteiger partial charge in [-0.05, 0) is 49.2 Å². The lowest BCUT2D eigenvalue weighted by Gasteiger charge is -2.33. The Kier molecular flexibility index (Phi) is 6.27. The molecule has 0 radical (unpaired) electrons. The van der Waals surface area contributed by atoms with Crippen LogP contribution in [-0.2, 0) is 4.79 Å². The quantitative estimate of drug-likeness (QED) is 0.630. The summed E-state index contributed by atoms with van der Waals surface area (Å²) in [5.41, 5.74) is 1.67. The number of benzene rings is 1. The summed E-state index contributed by atoms with van der Waals surface area (Å²) in [5.74, 6) is -0.244. The van der Waals surface area contributed by atoms with Crippen LogP contribution in [0.15, 0.2) is 60.9 Å². The van der Waals surface area contributed by atoms with Crippen LogP contribution < -0.4 is 10.2 Å². The molecule has 2 aliphatic rings. The van der Waals surface area contributed by atoms with Crippen molar-refractivity contribution >= 4 is 23.3 Å². The standard InChI is InChI=1S/C25H25FN6O2/c26-21-5-2-1-4-20(21)25(34)31-12-9-17(10-13-31)22-8-7-19(16-28-22)32(23-6-3-11-29-30-23)24(33)18-14-27-15-18/h1-8,11,16-18,27H,9-10,12-15H2. The Morgan fingerprint density at radius 2 is 1.82 bits per heavy atom. The van der Waals surface area contributed by atoms with E-state index in [1.807, 2.05) is 12.1 Å². The van der Waals surface area contributed by atoms with E-state index in [1.54, 1.807) is 46.5 Å². The molecule has 2 aliphatic heterocycles. The third-order valence-electron chi connectivity index (χ3n) is 6.47. The van der Waals surface area contributed by atoms with E-state index in [0.29, 0.717) is 37.7 Å². The van der Waals surface area contributed by atoms with Crippen molar-refractivity contribution < 1.29 is 14.0 Å². The summed E-state index contributed by atoms with van der Waals surface area (Å²) in [7, 11) is 0. The van der Waals surface area contributed by atoms with Crippen molar-refractivity contribution in [1.82, 2.24) is 25.4 Å². The van der Waals surface area contributed by atoms with E-state index < -0.39 is 5.82 Å². The fourth-order valence-corrected chi connectivity index (χ4v) is 4.39. The van der Waals surface area contributed by atoms with E-state index in [-0.39, 0.29) is 29.2 Å². The van der Waals surface area contributed by atoms with E-state index in [0.717, 1.165) is 18.5 Å². The molecule has 5 rings (SSSR count). The van der Waals surface area contributed by atoms with E-state index in [1.165, 1.54) is 12.1 Å². The first-order valence-electron chi connectivity index (χ1n) is 11.4. The minimum Gasteiger partial charge on any atom is -0.339 e. The van der Waals surface area contributed by atoms with Crippen LogP contribution in [0.2, 0.25) is 0 Å². The Morgan fingerprint density at radius 1 is 1.03 bits per heavy atom. The van der Waals surface area contributed by atoms with Gasteiger partial charge in [0.25, 0.3) is 5.91 Å². The third kappa shape index (κ3) is 4.38. The van der Waals surface area contributed by atoms with Crippen molar-refractivity contribution in [1.29, 1.82) is 0 Å². The number of rotatable bonds is 5. The van der Waals surface area contributed by atoms with Crippen LogP contribution >= 0.6 is 0 Å². The maximum absolute atomic E-state index is 14.0. The zero-order chi connectivity index (χ0) is 23.5. The number of carbonyl (C=O) groups excluding carboxylic acids is 2. The topological polar surface area (TPSA) is 91.3 Å². The first kappa shape index (κ1) is 22.1. The Labute approximate surface area is 196 Å². The summed E-state index contributed by atoms with van der Waals surface area (Å²) in [6.07, 6.45) is 4.76. The molecule has 2 saturated heterocycles. The molecule has 174 valence electrons. The Balaban J connectivity index is 1.28. The zero-order valence-corrected chi connectivity index (χ0v) is 18.6. The van der Waals surface area contributed by atoms with Crippen molar-refractivity contribution in [3.63, 3.8) is 0 Å². The number of hydrogen-bond donors (Lipinski definition) is 1. The van der Waals surface area contributed by atoms with Crippen molar-refractivity contribution in [3.05, 3.63) is 78.0 Å². The van der Waals surface area contributed by atoms with Crippen molar-refractivity contribution in [2.24, 2.45) is 5.92 Å². The van der Waals surface area contributed by atoms with Crippen LogP contribution in [0.1, 0.15) is 34.8 Å². The Hall–Kier alpha value is -3.72. The molecule has 8 nitrogen and oxygen atoms in total. The van der Waals surface area contributed by atoms with Gasteiger partial charge in [0.05, 0.1) is 23.4 Å². The molecule has 9 heteroatoms. The van der Waals surface area contributed by atoms with Crippen molar-refractivity contribution in [2.75, 3.05) is 31.1 Å². The lowest BCUT2D eigenvalue weighted by Crippen LogP contribution is -2.51. The van der Waals surface area contributed by atoms with Crippen molar-refractivity contribution in [2.45, 2.75) is 18.8 Å². The van der Waals surface area contributed by atoms with Crippen LogP contribution in [0.3, 0.4) is 0 Å². The van der Waals surface area contributed by atoms with Crippen LogP contribution in [-0.4, -0.2) is 58.1 Å². The summed E-state index contributed by atoms with van der Waals surface area (Å²) >= 11 is 0. The molecule has 4 heterocycles. The molecule has 2 aromatic heterocycles. The summed E-state index contributed by atoms with van der Waals surface area (Å²) < 4.78 is 14.0. The number of likely N-dealkylation sites (tertiary alicyclic amines) is 1. The third-order valence-corrected chi connectivity index (χ3v) is 6.47. The first-order chi connectivity index (χ1) is 16.6. The summed E-state index contributed by atoms with van der Waals surface area (Å²) in [6.45, 7) is 2.37. The minimum atomic E-state index is -0.494. The normalized spacial score (nSPS) is 16.7. The van der Waals surface area contributed by atoms with Crippen LogP contribution in [0.4, 0.5) is 15.9 Å². The Morgan fingerprint density at radius 3 is 2.44 bits per heavy atom. The highest BCUT2D eigenvalue weighted by Crippen LogP contribution is 2.31. The van der Waals surface area contributed by atoms with Gasteiger partial charge in [-0.2, -0.15) is 5.10 Å². The second kappa shape index (κ2) is 9.64. The van der Waals surface area contributed by atoms with Crippen LogP contribution in [0.5, 0.6) is 0 Å². The largest absolute Gasteiger partial charge is 0.339 e. The second-order valence-electron chi connectivity index (χ2n) is 8.60. The number of hydrogen-bond acceptors (Lipinski definition) is 6. The van der Waals surface area contributed by atoms with E-state index in [9.17, 15) is 14.0 Å². The number of aromatic nitrogens is 3. The molecule has 0 atom stereocenters. The number of nitrogens with one attached hydrogen (secondary N) is 1. The van der Waals surface area contributed by atoms with Crippen LogP contribution in [0.25, 0.3) is 0 Å². The molecule has 0 unspecified atom stereocenters. The monoisotopic (exact) mass is 460 g/mol. The number of piperidine rings is 1. The maximum atomic E-state index is 14.0. The average Bonchev–Trinajstić information content (AvgIpc) is 2.84. The molecule has 0 saturated carbocycles. The van der Waals surface area contributed by atoms with Gasteiger partial charge in [-0.3, -0.25) is 19.5 Å². The zero-order valence-electron chi connectivity index (χ0n) is 18.6. The number of halogens is 1. The van der Waals surface area contributed by atoms with E-state index in [2.05, 4.69) is 20.5 Å². The fraction of sp³-hybridized carbons (Fsp3) is 0.320. The maximum Gasteiger partial charge on any atom is 0.256 e. The number of pyridine rings is 1.